The minimum Gasteiger partial charge on any atom is -0.494 e. The molecule has 1 aromatic rings. The summed E-state index contributed by atoms with van der Waals surface area (Å²) >= 11 is 0. The van der Waals surface area contributed by atoms with Gasteiger partial charge in [-0.15, -0.1) is 0 Å². The molecular formula is C18H25FN2O4. The van der Waals surface area contributed by atoms with Crippen LogP contribution in [-0.2, 0) is 4.79 Å². The van der Waals surface area contributed by atoms with E-state index in [2.05, 4.69) is 10.6 Å². The second-order valence-electron chi connectivity index (χ2n) is 6.30. The van der Waals surface area contributed by atoms with Gasteiger partial charge >= 0.3 is 12.0 Å². The Morgan fingerprint density at radius 1 is 1.12 bits per heavy atom. The van der Waals surface area contributed by atoms with Gasteiger partial charge in [-0.2, -0.15) is 0 Å². The van der Waals surface area contributed by atoms with E-state index in [1.807, 2.05) is 0 Å². The SMILES string of the molecule is O=C(NCCCCOc1ccc(F)cc1)NC1CCC(C(=O)O)CC1. The smallest absolute Gasteiger partial charge is 0.315 e. The molecule has 0 atom stereocenters. The Bertz CT molecular complexity index is 557. The number of nitrogens with one attached hydrogen (secondary N) is 2. The zero-order valence-corrected chi connectivity index (χ0v) is 14.2. The number of carboxylic acid groups (broad SMARTS) is 1. The summed E-state index contributed by atoms with van der Waals surface area (Å²) in [6, 6.07) is 5.71. The van der Waals surface area contributed by atoms with E-state index >= 15 is 0 Å². The molecule has 0 bridgehead atoms. The number of hydrogen-bond donors (Lipinski definition) is 3. The van der Waals surface area contributed by atoms with Gasteiger partial charge in [-0.1, -0.05) is 0 Å². The number of amides is 2. The van der Waals surface area contributed by atoms with Crippen LogP contribution in [0.5, 0.6) is 5.75 Å². The van der Waals surface area contributed by atoms with Gasteiger partial charge in [0.1, 0.15) is 11.6 Å². The molecule has 0 aromatic heterocycles. The van der Waals surface area contributed by atoms with Crippen molar-refractivity contribution < 1.29 is 23.8 Å². The number of rotatable bonds is 8. The van der Waals surface area contributed by atoms with E-state index in [1.165, 1.54) is 12.1 Å². The minimum atomic E-state index is -0.745. The summed E-state index contributed by atoms with van der Waals surface area (Å²) in [6.07, 6.45) is 4.19. The van der Waals surface area contributed by atoms with E-state index in [9.17, 15) is 14.0 Å². The first-order valence-corrected chi connectivity index (χ1v) is 8.70. The number of carbonyl (C=O) groups excluding carboxylic acids is 1. The Kier molecular flexibility index (Phi) is 7.50. The lowest BCUT2D eigenvalue weighted by Gasteiger charge is -2.26. The van der Waals surface area contributed by atoms with Gasteiger partial charge in [0.15, 0.2) is 0 Å². The van der Waals surface area contributed by atoms with Crippen molar-refractivity contribution in [3.05, 3.63) is 30.1 Å². The Labute approximate surface area is 146 Å². The number of hydrogen-bond acceptors (Lipinski definition) is 3. The highest BCUT2D eigenvalue weighted by Crippen LogP contribution is 2.24. The highest BCUT2D eigenvalue weighted by molar-refractivity contribution is 5.74. The lowest BCUT2D eigenvalue weighted by Crippen LogP contribution is -2.44. The van der Waals surface area contributed by atoms with Gasteiger partial charge in [-0.05, 0) is 62.8 Å². The number of unbranched alkanes of at least 4 members (excludes halogenated alkanes) is 1. The van der Waals surface area contributed by atoms with Crippen molar-refractivity contribution in [2.45, 2.75) is 44.6 Å². The molecule has 0 saturated heterocycles. The van der Waals surface area contributed by atoms with Crippen LogP contribution in [0.15, 0.2) is 24.3 Å². The van der Waals surface area contributed by atoms with E-state index < -0.39 is 5.97 Å². The fourth-order valence-corrected chi connectivity index (χ4v) is 2.87. The number of urea groups is 1. The summed E-state index contributed by atoms with van der Waals surface area (Å²) in [5.41, 5.74) is 0. The number of aliphatic carboxylic acids is 1. The van der Waals surface area contributed by atoms with Gasteiger partial charge in [-0.25, -0.2) is 9.18 Å². The van der Waals surface area contributed by atoms with E-state index in [1.54, 1.807) is 12.1 Å². The molecule has 2 rings (SSSR count). The number of carbonyl (C=O) groups is 2. The van der Waals surface area contributed by atoms with Crippen LogP contribution in [0.2, 0.25) is 0 Å². The van der Waals surface area contributed by atoms with Crippen LogP contribution in [-0.4, -0.2) is 36.3 Å². The molecule has 0 heterocycles. The molecule has 1 aliphatic carbocycles. The maximum atomic E-state index is 12.7. The lowest BCUT2D eigenvalue weighted by atomic mass is 9.86. The molecule has 0 unspecified atom stereocenters. The lowest BCUT2D eigenvalue weighted by molar-refractivity contribution is -0.142. The zero-order chi connectivity index (χ0) is 18.1. The topological polar surface area (TPSA) is 87.7 Å². The monoisotopic (exact) mass is 352 g/mol. The molecule has 25 heavy (non-hydrogen) atoms. The molecule has 0 spiro atoms. The summed E-state index contributed by atoms with van der Waals surface area (Å²) in [5.74, 6) is -0.684. The number of benzene rings is 1. The molecule has 2 amide bonds. The highest BCUT2D eigenvalue weighted by Gasteiger charge is 2.26. The average Bonchev–Trinajstić information content (AvgIpc) is 2.60. The molecule has 1 fully saturated rings. The van der Waals surface area contributed by atoms with Crippen molar-refractivity contribution in [2.24, 2.45) is 5.92 Å². The van der Waals surface area contributed by atoms with Crippen molar-refractivity contribution in [1.29, 1.82) is 0 Å². The highest BCUT2D eigenvalue weighted by atomic mass is 19.1. The van der Waals surface area contributed by atoms with Gasteiger partial charge in [-0.3, -0.25) is 4.79 Å². The third-order valence-corrected chi connectivity index (χ3v) is 4.35. The van der Waals surface area contributed by atoms with Crippen LogP contribution in [0.4, 0.5) is 9.18 Å². The molecule has 1 aromatic carbocycles. The summed E-state index contributed by atoms with van der Waals surface area (Å²) in [7, 11) is 0. The molecular weight excluding hydrogens is 327 g/mol. The van der Waals surface area contributed by atoms with Crippen LogP contribution in [0.3, 0.4) is 0 Å². The summed E-state index contributed by atoms with van der Waals surface area (Å²) in [5, 5.41) is 14.6. The standard InChI is InChI=1S/C18H25FN2O4/c19-14-5-9-16(10-6-14)25-12-2-1-11-20-18(24)21-15-7-3-13(4-8-15)17(22)23/h5-6,9-10,13,15H,1-4,7-8,11-12H2,(H,22,23)(H2,20,21,24). The maximum Gasteiger partial charge on any atom is 0.315 e. The molecule has 1 saturated carbocycles. The van der Waals surface area contributed by atoms with Gasteiger partial charge in [0.05, 0.1) is 12.5 Å². The number of carboxylic acids is 1. The number of ether oxygens (including phenoxy) is 1. The van der Waals surface area contributed by atoms with Crippen molar-refractivity contribution in [2.75, 3.05) is 13.2 Å². The Hall–Kier alpha value is -2.31. The molecule has 6 nitrogen and oxygen atoms in total. The van der Waals surface area contributed by atoms with Crippen LogP contribution < -0.4 is 15.4 Å². The Morgan fingerprint density at radius 3 is 2.44 bits per heavy atom. The molecule has 138 valence electrons. The average molecular weight is 352 g/mol. The molecule has 0 aliphatic heterocycles. The van der Waals surface area contributed by atoms with Crippen molar-refractivity contribution >= 4 is 12.0 Å². The van der Waals surface area contributed by atoms with Crippen molar-refractivity contribution in [3.8, 4) is 5.75 Å². The fraction of sp³-hybridized carbons (Fsp3) is 0.556. The van der Waals surface area contributed by atoms with E-state index in [-0.39, 0.29) is 23.8 Å². The second-order valence-corrected chi connectivity index (χ2v) is 6.30. The van der Waals surface area contributed by atoms with Crippen LogP contribution in [0.1, 0.15) is 38.5 Å². The summed E-state index contributed by atoms with van der Waals surface area (Å²) in [6.45, 7) is 1.05. The summed E-state index contributed by atoms with van der Waals surface area (Å²) < 4.78 is 18.2. The minimum absolute atomic E-state index is 0.0532. The molecule has 3 N–H and O–H groups in total. The third-order valence-electron chi connectivity index (χ3n) is 4.35. The summed E-state index contributed by atoms with van der Waals surface area (Å²) in [4.78, 5) is 22.7. The number of halogens is 1. The van der Waals surface area contributed by atoms with Gasteiger partial charge in [0.2, 0.25) is 0 Å². The third kappa shape index (κ3) is 6.99. The van der Waals surface area contributed by atoms with E-state index in [0.29, 0.717) is 44.6 Å². The molecule has 0 radical (unpaired) electrons. The van der Waals surface area contributed by atoms with Crippen LogP contribution in [0.25, 0.3) is 0 Å². The maximum absolute atomic E-state index is 12.7. The van der Waals surface area contributed by atoms with Crippen molar-refractivity contribution in [1.82, 2.24) is 10.6 Å². The molecule has 1 aliphatic rings. The first kappa shape index (κ1) is 19.0. The van der Waals surface area contributed by atoms with Crippen molar-refractivity contribution in [3.63, 3.8) is 0 Å². The van der Waals surface area contributed by atoms with Gasteiger partial charge in [0, 0.05) is 12.6 Å². The van der Waals surface area contributed by atoms with E-state index in [0.717, 1.165) is 12.8 Å². The van der Waals surface area contributed by atoms with Crippen LogP contribution >= 0.6 is 0 Å². The Morgan fingerprint density at radius 2 is 1.80 bits per heavy atom. The first-order valence-electron chi connectivity index (χ1n) is 8.70. The largest absolute Gasteiger partial charge is 0.494 e. The first-order chi connectivity index (χ1) is 12.0. The van der Waals surface area contributed by atoms with Gasteiger partial charge in [0.25, 0.3) is 0 Å². The van der Waals surface area contributed by atoms with E-state index in [4.69, 9.17) is 9.84 Å². The normalized spacial score (nSPS) is 19.9. The molecule has 7 heteroatoms. The fourth-order valence-electron chi connectivity index (χ4n) is 2.87. The zero-order valence-electron chi connectivity index (χ0n) is 14.2. The Balaban J connectivity index is 1.50. The van der Waals surface area contributed by atoms with Gasteiger partial charge < -0.3 is 20.5 Å². The quantitative estimate of drug-likeness (QED) is 0.628. The second kappa shape index (κ2) is 9.86. The predicted octanol–water partition coefficient (Wildman–Crippen LogP) is 2.93. The predicted molar refractivity (Wildman–Crippen MR) is 91.0 cm³/mol. The van der Waals surface area contributed by atoms with Crippen LogP contribution in [0, 0.1) is 11.7 Å².